The first kappa shape index (κ1) is 23.0. The molecule has 0 saturated carbocycles. The molecule has 33 heavy (non-hydrogen) atoms. The molecule has 0 aromatic heterocycles. The van der Waals surface area contributed by atoms with Gasteiger partial charge in [0, 0.05) is 64.1 Å². The van der Waals surface area contributed by atoms with Crippen LogP contribution in [0.5, 0.6) is 0 Å². The Morgan fingerprint density at radius 3 is 2.42 bits per heavy atom. The molecule has 3 aromatic carbocycles. The summed E-state index contributed by atoms with van der Waals surface area (Å²) in [5, 5.41) is 6.57. The minimum absolute atomic E-state index is 0.0589. The number of nitrogens with zero attached hydrogens (tertiary/aromatic N) is 2. The standard InChI is InChI=1S/C28H34N4O/c1-21-19-32(14-13-29-21)20-23-8-5-10-25(16-23)24-9-4-7-22(15-24)18-30-28(33)26-11-6-12-27(17-26)31(2)3/h4-12,15-17,21,29H,13-14,18-20H2,1-3H3,(H,30,33). The monoisotopic (exact) mass is 442 g/mol. The van der Waals surface area contributed by atoms with Gasteiger partial charge >= 0.3 is 0 Å². The van der Waals surface area contributed by atoms with E-state index in [9.17, 15) is 4.79 Å². The van der Waals surface area contributed by atoms with Gasteiger partial charge in [0.1, 0.15) is 0 Å². The van der Waals surface area contributed by atoms with Crippen molar-refractivity contribution in [1.29, 1.82) is 0 Å². The third-order valence-corrected chi connectivity index (χ3v) is 6.12. The van der Waals surface area contributed by atoms with Crippen LogP contribution in [0, 0.1) is 0 Å². The highest BCUT2D eigenvalue weighted by Gasteiger charge is 2.15. The number of hydrogen-bond acceptors (Lipinski definition) is 4. The zero-order valence-corrected chi connectivity index (χ0v) is 19.8. The fourth-order valence-electron chi connectivity index (χ4n) is 4.33. The molecule has 0 spiro atoms. The summed E-state index contributed by atoms with van der Waals surface area (Å²) in [6.07, 6.45) is 0. The molecular weight excluding hydrogens is 408 g/mol. The maximum absolute atomic E-state index is 12.7. The lowest BCUT2D eigenvalue weighted by molar-refractivity contribution is 0.0951. The first-order chi connectivity index (χ1) is 16.0. The Hall–Kier alpha value is -3.15. The normalized spacial score (nSPS) is 16.4. The van der Waals surface area contributed by atoms with Crippen molar-refractivity contribution in [2.45, 2.75) is 26.1 Å². The molecule has 5 nitrogen and oxygen atoms in total. The molecule has 2 N–H and O–H groups in total. The predicted molar refractivity (Wildman–Crippen MR) is 137 cm³/mol. The second-order valence-corrected chi connectivity index (χ2v) is 9.12. The molecule has 0 radical (unpaired) electrons. The molecule has 1 atom stereocenters. The summed E-state index contributed by atoms with van der Waals surface area (Å²) in [4.78, 5) is 17.2. The van der Waals surface area contributed by atoms with Crippen LogP contribution in [-0.4, -0.2) is 50.6 Å². The molecule has 172 valence electrons. The van der Waals surface area contributed by atoms with Crippen molar-refractivity contribution in [3.05, 3.63) is 89.5 Å². The van der Waals surface area contributed by atoms with Crippen molar-refractivity contribution in [3.63, 3.8) is 0 Å². The lowest BCUT2D eigenvalue weighted by Gasteiger charge is -2.31. The van der Waals surface area contributed by atoms with Gasteiger partial charge in [-0.25, -0.2) is 0 Å². The molecule has 1 fully saturated rings. The second-order valence-electron chi connectivity index (χ2n) is 9.12. The van der Waals surface area contributed by atoms with Crippen molar-refractivity contribution in [2.75, 3.05) is 38.6 Å². The highest BCUT2D eigenvalue weighted by atomic mass is 16.1. The van der Waals surface area contributed by atoms with Gasteiger partial charge in [0.15, 0.2) is 0 Å². The summed E-state index contributed by atoms with van der Waals surface area (Å²) in [6.45, 7) is 6.93. The van der Waals surface area contributed by atoms with Gasteiger partial charge in [-0.2, -0.15) is 0 Å². The van der Waals surface area contributed by atoms with Crippen LogP contribution in [0.3, 0.4) is 0 Å². The molecule has 4 rings (SSSR count). The number of piperazine rings is 1. The Kier molecular flexibility index (Phi) is 7.43. The number of carbonyl (C=O) groups is 1. The molecule has 0 bridgehead atoms. The smallest absolute Gasteiger partial charge is 0.251 e. The minimum atomic E-state index is -0.0589. The van der Waals surface area contributed by atoms with Gasteiger partial charge in [-0.1, -0.05) is 42.5 Å². The van der Waals surface area contributed by atoms with Crippen LogP contribution in [-0.2, 0) is 13.1 Å². The molecule has 1 saturated heterocycles. The highest BCUT2D eigenvalue weighted by molar-refractivity contribution is 5.95. The Balaban J connectivity index is 1.41. The number of carbonyl (C=O) groups excluding carboxylic acids is 1. The van der Waals surface area contributed by atoms with Crippen molar-refractivity contribution in [1.82, 2.24) is 15.5 Å². The minimum Gasteiger partial charge on any atom is -0.378 e. The summed E-state index contributed by atoms with van der Waals surface area (Å²) < 4.78 is 0. The highest BCUT2D eigenvalue weighted by Crippen LogP contribution is 2.23. The van der Waals surface area contributed by atoms with Gasteiger partial charge in [-0.05, 0) is 59.5 Å². The van der Waals surface area contributed by atoms with E-state index in [-0.39, 0.29) is 5.91 Å². The van der Waals surface area contributed by atoms with E-state index in [1.54, 1.807) is 0 Å². The average Bonchev–Trinajstić information content (AvgIpc) is 2.83. The molecule has 1 aliphatic heterocycles. The van der Waals surface area contributed by atoms with Gasteiger partial charge in [0.05, 0.1) is 0 Å². The van der Waals surface area contributed by atoms with Crippen molar-refractivity contribution in [3.8, 4) is 11.1 Å². The van der Waals surface area contributed by atoms with Crippen molar-refractivity contribution >= 4 is 11.6 Å². The lowest BCUT2D eigenvalue weighted by Crippen LogP contribution is -2.48. The van der Waals surface area contributed by atoms with E-state index in [0.29, 0.717) is 18.2 Å². The van der Waals surface area contributed by atoms with E-state index in [0.717, 1.165) is 37.4 Å². The Morgan fingerprint density at radius 1 is 1.00 bits per heavy atom. The van der Waals surface area contributed by atoms with Crippen LogP contribution in [0.2, 0.25) is 0 Å². The SMILES string of the molecule is CC1CN(Cc2cccc(-c3cccc(CNC(=O)c4cccc(N(C)C)c4)c3)c2)CCN1. The van der Waals surface area contributed by atoms with Crippen LogP contribution in [0.15, 0.2) is 72.8 Å². The van der Waals surface area contributed by atoms with E-state index in [1.807, 2.05) is 43.3 Å². The maximum Gasteiger partial charge on any atom is 0.251 e. The molecule has 0 aliphatic carbocycles. The number of nitrogens with one attached hydrogen (secondary N) is 2. The third-order valence-electron chi connectivity index (χ3n) is 6.12. The van der Waals surface area contributed by atoms with Gasteiger partial charge in [0.25, 0.3) is 5.91 Å². The molecule has 1 aliphatic rings. The predicted octanol–water partition coefficient (Wildman–Crippen LogP) is 4.14. The first-order valence-corrected chi connectivity index (χ1v) is 11.7. The first-order valence-electron chi connectivity index (χ1n) is 11.7. The van der Waals surface area contributed by atoms with Gasteiger partial charge in [-0.15, -0.1) is 0 Å². The zero-order valence-electron chi connectivity index (χ0n) is 19.8. The van der Waals surface area contributed by atoms with E-state index < -0.39 is 0 Å². The van der Waals surface area contributed by atoms with E-state index >= 15 is 0 Å². The Labute approximate surface area is 197 Å². The Morgan fingerprint density at radius 2 is 1.70 bits per heavy atom. The van der Waals surface area contributed by atoms with Crippen LogP contribution in [0.4, 0.5) is 5.69 Å². The van der Waals surface area contributed by atoms with Gasteiger partial charge in [-0.3, -0.25) is 9.69 Å². The molecule has 1 amide bonds. The van der Waals surface area contributed by atoms with Crippen molar-refractivity contribution in [2.24, 2.45) is 0 Å². The summed E-state index contributed by atoms with van der Waals surface area (Å²) in [6, 6.07) is 25.5. The molecule has 1 heterocycles. The topological polar surface area (TPSA) is 47.6 Å². The summed E-state index contributed by atoms with van der Waals surface area (Å²) in [7, 11) is 3.95. The Bertz CT molecular complexity index is 1090. The lowest BCUT2D eigenvalue weighted by atomic mass is 10.0. The summed E-state index contributed by atoms with van der Waals surface area (Å²) in [5.41, 5.74) is 6.49. The van der Waals surface area contributed by atoms with Crippen molar-refractivity contribution < 1.29 is 4.79 Å². The number of benzene rings is 3. The molecular formula is C28H34N4O. The number of anilines is 1. The van der Waals surface area contributed by atoms with Crippen LogP contribution < -0.4 is 15.5 Å². The summed E-state index contributed by atoms with van der Waals surface area (Å²) in [5.74, 6) is -0.0589. The largest absolute Gasteiger partial charge is 0.378 e. The third kappa shape index (κ3) is 6.21. The van der Waals surface area contributed by atoms with Gasteiger partial charge in [0.2, 0.25) is 0 Å². The quantitative estimate of drug-likeness (QED) is 0.577. The van der Waals surface area contributed by atoms with Crippen LogP contribution >= 0.6 is 0 Å². The molecule has 1 unspecified atom stereocenters. The number of amides is 1. The zero-order chi connectivity index (χ0) is 23.2. The fourth-order valence-corrected chi connectivity index (χ4v) is 4.33. The van der Waals surface area contributed by atoms with Crippen LogP contribution in [0.1, 0.15) is 28.4 Å². The number of hydrogen-bond donors (Lipinski definition) is 2. The summed E-state index contributed by atoms with van der Waals surface area (Å²) >= 11 is 0. The van der Waals surface area contributed by atoms with E-state index in [4.69, 9.17) is 0 Å². The average molecular weight is 443 g/mol. The molecule has 3 aromatic rings. The number of rotatable bonds is 7. The fraction of sp³-hybridized carbons (Fsp3) is 0.321. The second kappa shape index (κ2) is 10.6. The maximum atomic E-state index is 12.7. The van der Waals surface area contributed by atoms with Crippen LogP contribution in [0.25, 0.3) is 11.1 Å². The van der Waals surface area contributed by atoms with Gasteiger partial charge < -0.3 is 15.5 Å². The van der Waals surface area contributed by atoms with E-state index in [2.05, 4.69) is 71.0 Å². The molecule has 5 heteroatoms. The van der Waals surface area contributed by atoms with E-state index in [1.165, 1.54) is 16.7 Å².